The topological polar surface area (TPSA) is 60.9 Å². The summed E-state index contributed by atoms with van der Waals surface area (Å²) in [6, 6.07) is 1.81. The fourth-order valence-electron chi connectivity index (χ4n) is 2.46. The molecule has 0 spiro atoms. The van der Waals surface area contributed by atoms with E-state index in [0.717, 1.165) is 18.3 Å². The van der Waals surface area contributed by atoms with Gasteiger partial charge >= 0.3 is 7.12 Å². The van der Waals surface area contributed by atoms with Gasteiger partial charge in [-0.1, -0.05) is 0 Å². The lowest BCUT2D eigenvalue weighted by Gasteiger charge is -2.32. The Balaban J connectivity index is 2.01. The van der Waals surface area contributed by atoms with Crippen LogP contribution in [-0.2, 0) is 9.31 Å². The van der Waals surface area contributed by atoms with E-state index in [-0.39, 0.29) is 12.0 Å². The van der Waals surface area contributed by atoms with Crippen molar-refractivity contribution in [2.24, 2.45) is 0 Å². The molecule has 130 valence electrons. The molecule has 24 heavy (non-hydrogen) atoms. The highest BCUT2D eigenvalue weighted by molar-refractivity contribution is 6.63. The number of hydrogen-bond acceptors (Lipinski definition) is 5. The third-order valence-corrected chi connectivity index (χ3v) is 4.86. The maximum atomic E-state index is 12.5. The molecule has 0 aromatic carbocycles. The van der Waals surface area contributed by atoms with Crippen LogP contribution in [0.25, 0.3) is 0 Å². The molecule has 3 rings (SSSR count). The van der Waals surface area contributed by atoms with Crippen LogP contribution >= 0.6 is 0 Å². The first-order chi connectivity index (χ1) is 11.1. The molecule has 7 heteroatoms. The lowest BCUT2D eigenvalue weighted by molar-refractivity contribution is 0.00578. The van der Waals surface area contributed by atoms with Gasteiger partial charge in [-0.3, -0.25) is 4.79 Å². The number of hydrogen-bond donors (Lipinski definition) is 0. The maximum absolute atomic E-state index is 12.5. The first kappa shape index (κ1) is 17.2. The summed E-state index contributed by atoms with van der Waals surface area (Å²) in [5.41, 5.74) is 0.118. The van der Waals surface area contributed by atoms with E-state index >= 15 is 0 Å². The van der Waals surface area contributed by atoms with Crippen molar-refractivity contribution in [1.82, 2.24) is 9.88 Å². The Morgan fingerprint density at radius 3 is 2.33 bits per heavy atom. The van der Waals surface area contributed by atoms with E-state index < -0.39 is 18.3 Å². The first-order valence-corrected chi connectivity index (χ1v) is 8.35. The summed E-state index contributed by atoms with van der Waals surface area (Å²) < 4.78 is 18.3. The number of carbonyl (C=O) groups is 1. The molecule has 2 fully saturated rings. The zero-order chi connectivity index (χ0) is 17.7. The van der Waals surface area contributed by atoms with Crippen molar-refractivity contribution < 1.29 is 18.8 Å². The van der Waals surface area contributed by atoms with Crippen LogP contribution in [0.2, 0.25) is 0 Å². The Morgan fingerprint density at radius 1 is 1.25 bits per heavy atom. The quantitative estimate of drug-likeness (QED) is 0.784. The molecule has 0 radical (unpaired) electrons. The molecule has 2 heterocycles. The van der Waals surface area contributed by atoms with Gasteiger partial charge < -0.3 is 18.9 Å². The van der Waals surface area contributed by atoms with Crippen LogP contribution in [-0.4, -0.2) is 54.3 Å². The standard InChI is InChI=1S/C17H25BN2O4/c1-16(2)17(3,4)24-18(23-16)12-9-10-19-13(15(21)20(5)6)14(12)22-11-7-8-11/h9-11H,7-8H2,1-6H3. The smallest absolute Gasteiger partial charge is 0.488 e. The summed E-state index contributed by atoms with van der Waals surface area (Å²) in [4.78, 5) is 18.2. The molecule has 1 saturated carbocycles. The Hall–Kier alpha value is -1.60. The van der Waals surface area contributed by atoms with Crippen molar-refractivity contribution in [2.45, 2.75) is 57.8 Å². The van der Waals surface area contributed by atoms with Gasteiger partial charge in [-0.05, 0) is 46.6 Å². The van der Waals surface area contributed by atoms with Crippen molar-refractivity contribution in [3.8, 4) is 5.75 Å². The van der Waals surface area contributed by atoms with Gasteiger partial charge in [0.05, 0.1) is 17.3 Å². The van der Waals surface area contributed by atoms with Gasteiger partial charge in [0.15, 0.2) is 11.4 Å². The molecule has 1 aliphatic carbocycles. The molecule has 1 aromatic heterocycles. The Labute approximate surface area is 143 Å². The Kier molecular flexibility index (Phi) is 4.12. The summed E-state index contributed by atoms with van der Waals surface area (Å²) in [5.74, 6) is 0.293. The number of carbonyl (C=O) groups excluding carboxylic acids is 1. The van der Waals surface area contributed by atoms with E-state index in [2.05, 4.69) is 4.98 Å². The minimum Gasteiger partial charge on any atom is -0.488 e. The number of pyridine rings is 1. The molecule has 1 amide bonds. The molecule has 0 N–H and O–H groups in total. The zero-order valence-electron chi connectivity index (χ0n) is 15.3. The third-order valence-electron chi connectivity index (χ3n) is 4.86. The molecule has 0 unspecified atom stereocenters. The summed E-state index contributed by atoms with van der Waals surface area (Å²) in [5, 5.41) is 0. The zero-order valence-corrected chi connectivity index (χ0v) is 15.3. The molecule has 6 nitrogen and oxygen atoms in total. The predicted octanol–water partition coefficient (Wildman–Crippen LogP) is 1.62. The lowest BCUT2D eigenvalue weighted by atomic mass is 9.78. The summed E-state index contributed by atoms with van der Waals surface area (Å²) in [7, 11) is 2.82. The van der Waals surface area contributed by atoms with Gasteiger partial charge in [-0.2, -0.15) is 0 Å². The average molecular weight is 332 g/mol. The van der Waals surface area contributed by atoms with Gasteiger partial charge in [-0.15, -0.1) is 0 Å². The molecule has 2 aliphatic rings. The molecular weight excluding hydrogens is 307 g/mol. The molecule has 1 aromatic rings. The van der Waals surface area contributed by atoms with Gasteiger partial charge in [-0.25, -0.2) is 4.98 Å². The number of aromatic nitrogens is 1. The van der Waals surface area contributed by atoms with Crippen molar-refractivity contribution in [3.05, 3.63) is 18.0 Å². The van der Waals surface area contributed by atoms with Crippen LogP contribution in [0.1, 0.15) is 51.0 Å². The summed E-state index contributed by atoms with van der Waals surface area (Å²) in [6.45, 7) is 8.01. The second-order valence-electron chi connectivity index (χ2n) is 7.68. The minimum absolute atomic E-state index is 0.143. The average Bonchev–Trinajstić information content (AvgIpc) is 3.25. The van der Waals surface area contributed by atoms with Crippen LogP contribution in [0, 0.1) is 0 Å². The van der Waals surface area contributed by atoms with Gasteiger partial charge in [0.25, 0.3) is 5.91 Å². The fourth-order valence-corrected chi connectivity index (χ4v) is 2.46. The van der Waals surface area contributed by atoms with E-state index in [0.29, 0.717) is 11.4 Å². The summed E-state index contributed by atoms with van der Waals surface area (Å²) in [6.07, 6.45) is 3.74. The highest BCUT2D eigenvalue weighted by Gasteiger charge is 2.53. The van der Waals surface area contributed by atoms with Crippen molar-refractivity contribution in [3.63, 3.8) is 0 Å². The maximum Gasteiger partial charge on any atom is 0.498 e. The van der Waals surface area contributed by atoms with Gasteiger partial charge in [0, 0.05) is 25.8 Å². The number of ether oxygens (including phenoxy) is 1. The Bertz CT molecular complexity index is 640. The van der Waals surface area contributed by atoms with Crippen molar-refractivity contribution in [2.75, 3.05) is 14.1 Å². The monoisotopic (exact) mass is 332 g/mol. The van der Waals surface area contributed by atoms with Crippen LogP contribution in [0.4, 0.5) is 0 Å². The largest absolute Gasteiger partial charge is 0.498 e. The van der Waals surface area contributed by atoms with E-state index in [9.17, 15) is 4.79 Å². The predicted molar refractivity (Wildman–Crippen MR) is 91.6 cm³/mol. The van der Waals surface area contributed by atoms with E-state index in [4.69, 9.17) is 14.0 Å². The number of amides is 1. The second kappa shape index (κ2) is 5.74. The van der Waals surface area contributed by atoms with Crippen molar-refractivity contribution >= 4 is 18.5 Å². The van der Waals surface area contributed by atoms with E-state index in [1.165, 1.54) is 4.90 Å². The van der Waals surface area contributed by atoms with Gasteiger partial charge in [0.1, 0.15) is 0 Å². The highest BCUT2D eigenvalue weighted by Crippen LogP contribution is 2.38. The fraction of sp³-hybridized carbons (Fsp3) is 0.647. The highest BCUT2D eigenvalue weighted by atomic mass is 16.7. The molecular formula is C17H25BN2O4. The van der Waals surface area contributed by atoms with Crippen LogP contribution < -0.4 is 10.2 Å². The second-order valence-corrected chi connectivity index (χ2v) is 7.68. The van der Waals surface area contributed by atoms with Crippen LogP contribution in [0.15, 0.2) is 12.3 Å². The molecule has 0 bridgehead atoms. The van der Waals surface area contributed by atoms with Crippen LogP contribution in [0.3, 0.4) is 0 Å². The number of rotatable bonds is 4. The van der Waals surface area contributed by atoms with Crippen molar-refractivity contribution in [1.29, 1.82) is 0 Å². The molecule has 0 atom stereocenters. The minimum atomic E-state index is -0.583. The molecule has 1 saturated heterocycles. The third kappa shape index (κ3) is 3.02. The van der Waals surface area contributed by atoms with E-state index in [1.54, 1.807) is 20.3 Å². The normalized spacial score (nSPS) is 21.7. The summed E-state index contributed by atoms with van der Waals surface area (Å²) >= 11 is 0. The lowest BCUT2D eigenvalue weighted by Crippen LogP contribution is -2.41. The van der Waals surface area contributed by atoms with E-state index in [1.807, 2.05) is 33.8 Å². The SMILES string of the molecule is CN(C)C(=O)c1nccc(B2OC(C)(C)C(C)(C)O2)c1OC1CC1. The Morgan fingerprint density at radius 2 is 1.83 bits per heavy atom. The van der Waals surface area contributed by atoms with Crippen LogP contribution in [0.5, 0.6) is 5.75 Å². The van der Waals surface area contributed by atoms with Gasteiger partial charge in [0.2, 0.25) is 0 Å². The number of nitrogens with zero attached hydrogens (tertiary/aromatic N) is 2. The first-order valence-electron chi connectivity index (χ1n) is 8.35. The molecule has 1 aliphatic heterocycles.